The molecule has 0 saturated heterocycles. The van der Waals surface area contributed by atoms with Crippen molar-refractivity contribution in [3.63, 3.8) is 0 Å². The second-order valence-electron chi connectivity index (χ2n) is 6.18. The Morgan fingerprint density at radius 3 is 1.55 bits per heavy atom. The van der Waals surface area contributed by atoms with E-state index in [4.69, 9.17) is 32.8 Å². The Bertz CT molecular complexity index is 1170. The van der Waals surface area contributed by atoms with Crippen LogP contribution in [0.4, 0.5) is 0 Å². The number of hydrogen-bond acceptors (Lipinski definition) is 10. The molecule has 0 aliphatic heterocycles. The highest BCUT2D eigenvalue weighted by Crippen LogP contribution is 2.52. The summed E-state index contributed by atoms with van der Waals surface area (Å²) in [5, 5.41) is 20.4. The van der Waals surface area contributed by atoms with Gasteiger partial charge >= 0.3 is 0 Å². The summed E-state index contributed by atoms with van der Waals surface area (Å²) in [6.45, 7) is 0. The molecule has 0 amide bonds. The minimum atomic E-state index is -0.593. The minimum Gasteiger partial charge on any atom is -0.504 e. The van der Waals surface area contributed by atoms with Crippen molar-refractivity contribution in [2.24, 2.45) is 0 Å². The molecule has 3 aromatic rings. The molecule has 2 N–H and O–H groups in total. The van der Waals surface area contributed by atoms with Crippen molar-refractivity contribution in [1.82, 2.24) is 0 Å². The van der Waals surface area contributed by atoms with Gasteiger partial charge in [0.25, 0.3) is 0 Å². The van der Waals surface area contributed by atoms with Gasteiger partial charge in [0.2, 0.25) is 34.2 Å². The molecule has 1 heterocycles. The van der Waals surface area contributed by atoms with E-state index in [1.54, 1.807) is 0 Å². The molecule has 0 spiro atoms. The van der Waals surface area contributed by atoms with Crippen LogP contribution < -0.4 is 33.8 Å². The number of phenols is 2. The highest BCUT2D eigenvalue weighted by atomic mass is 16.5. The van der Waals surface area contributed by atoms with Crippen LogP contribution in [0.3, 0.4) is 0 Å². The highest BCUT2D eigenvalue weighted by molar-refractivity contribution is 5.97. The van der Waals surface area contributed by atoms with Gasteiger partial charge in [-0.1, -0.05) is 0 Å². The molecule has 10 heteroatoms. The third-order valence-corrected chi connectivity index (χ3v) is 4.66. The van der Waals surface area contributed by atoms with Crippen molar-refractivity contribution in [3.05, 3.63) is 22.4 Å². The zero-order valence-corrected chi connectivity index (χ0v) is 17.8. The zero-order valence-electron chi connectivity index (χ0n) is 17.8. The van der Waals surface area contributed by atoms with Gasteiger partial charge in [0.15, 0.2) is 28.6 Å². The molecule has 0 fully saturated rings. The van der Waals surface area contributed by atoms with E-state index >= 15 is 0 Å². The van der Waals surface area contributed by atoms with Gasteiger partial charge in [-0.2, -0.15) is 0 Å². The lowest BCUT2D eigenvalue weighted by Crippen LogP contribution is -2.11. The Kier molecular flexibility index (Phi) is 5.91. The van der Waals surface area contributed by atoms with Crippen molar-refractivity contribution >= 4 is 11.0 Å². The molecule has 0 atom stereocenters. The summed E-state index contributed by atoms with van der Waals surface area (Å²) in [6, 6.07) is 2.52. The van der Waals surface area contributed by atoms with Crippen LogP contribution in [0.25, 0.3) is 22.3 Å². The van der Waals surface area contributed by atoms with Crippen LogP contribution >= 0.6 is 0 Å². The van der Waals surface area contributed by atoms with E-state index in [1.807, 2.05) is 0 Å². The van der Waals surface area contributed by atoms with E-state index in [0.29, 0.717) is 0 Å². The predicted molar refractivity (Wildman–Crippen MR) is 111 cm³/mol. The molecule has 0 aliphatic rings. The molecule has 0 aliphatic carbocycles. The molecule has 31 heavy (non-hydrogen) atoms. The van der Waals surface area contributed by atoms with E-state index in [1.165, 1.54) is 54.8 Å². The van der Waals surface area contributed by atoms with E-state index in [2.05, 4.69) is 0 Å². The molecule has 3 rings (SSSR count). The van der Waals surface area contributed by atoms with Gasteiger partial charge in [0.05, 0.1) is 42.7 Å². The molecule has 0 unspecified atom stereocenters. The Hall–Kier alpha value is -3.95. The van der Waals surface area contributed by atoms with E-state index in [0.717, 1.165) is 0 Å². The van der Waals surface area contributed by atoms with Gasteiger partial charge in [0.1, 0.15) is 5.39 Å². The normalized spacial score (nSPS) is 10.6. The summed E-state index contributed by atoms with van der Waals surface area (Å²) in [5.74, 6) is -0.683. The molecule has 1 aromatic heterocycles. The van der Waals surface area contributed by atoms with Gasteiger partial charge in [-0.3, -0.25) is 4.79 Å². The third-order valence-electron chi connectivity index (χ3n) is 4.66. The maximum atomic E-state index is 13.4. The highest BCUT2D eigenvalue weighted by Gasteiger charge is 2.30. The van der Waals surface area contributed by atoms with Crippen molar-refractivity contribution < 1.29 is 43.1 Å². The molecular formula is C21H22O10. The smallest absolute Gasteiger partial charge is 0.239 e. The van der Waals surface area contributed by atoms with Crippen LogP contribution in [0.2, 0.25) is 0 Å². The SMILES string of the molecule is COc1c(O)cc(-c2oc3c(OC)c(OC)c(OC)c(OC)c3c(=O)c2OC)cc1O. The Balaban J connectivity index is 2.53. The third kappa shape index (κ3) is 3.25. The Morgan fingerprint density at radius 1 is 0.645 bits per heavy atom. The van der Waals surface area contributed by atoms with Gasteiger partial charge in [0, 0.05) is 5.56 Å². The fraction of sp³-hybridized carbons (Fsp3) is 0.286. The molecule has 0 bridgehead atoms. The van der Waals surface area contributed by atoms with Crippen LogP contribution in [0.1, 0.15) is 0 Å². The average Bonchev–Trinajstić information content (AvgIpc) is 2.76. The van der Waals surface area contributed by atoms with Crippen LogP contribution in [0.5, 0.6) is 46.0 Å². The van der Waals surface area contributed by atoms with Crippen LogP contribution in [-0.4, -0.2) is 52.9 Å². The molecule has 0 saturated carbocycles. The minimum absolute atomic E-state index is 0.000412. The second kappa shape index (κ2) is 8.42. The van der Waals surface area contributed by atoms with Crippen molar-refractivity contribution in [3.8, 4) is 57.3 Å². The number of benzene rings is 2. The summed E-state index contributed by atoms with van der Waals surface area (Å²) >= 11 is 0. The second-order valence-corrected chi connectivity index (χ2v) is 6.18. The molecule has 0 radical (unpaired) electrons. The lowest BCUT2D eigenvalue weighted by Gasteiger charge is -2.19. The van der Waals surface area contributed by atoms with Crippen LogP contribution in [-0.2, 0) is 0 Å². The topological polar surface area (TPSA) is 126 Å². The number of fused-ring (bicyclic) bond motifs is 1. The number of methoxy groups -OCH3 is 6. The van der Waals surface area contributed by atoms with Crippen molar-refractivity contribution in [2.45, 2.75) is 0 Å². The summed E-state index contributed by atoms with van der Waals surface area (Å²) in [5.41, 5.74) is -0.445. The molecular weight excluding hydrogens is 412 g/mol. The van der Waals surface area contributed by atoms with Crippen LogP contribution in [0, 0.1) is 0 Å². The van der Waals surface area contributed by atoms with Gasteiger partial charge in [-0.25, -0.2) is 0 Å². The van der Waals surface area contributed by atoms with Gasteiger partial charge in [-0.15, -0.1) is 0 Å². The first-order valence-electron chi connectivity index (χ1n) is 8.89. The summed E-state index contributed by atoms with van der Waals surface area (Å²) in [7, 11) is 8.10. The maximum absolute atomic E-state index is 13.4. The summed E-state index contributed by atoms with van der Waals surface area (Å²) in [4.78, 5) is 13.4. The quantitative estimate of drug-likeness (QED) is 0.573. The Labute approximate surface area is 177 Å². The van der Waals surface area contributed by atoms with Crippen LogP contribution in [0.15, 0.2) is 21.3 Å². The molecule has 166 valence electrons. The number of ether oxygens (including phenoxy) is 6. The van der Waals surface area contributed by atoms with Crippen molar-refractivity contribution in [1.29, 1.82) is 0 Å². The standard InChI is InChI=1S/C21H22O10/c1-25-15-10(22)7-9(8-11(15)23)14-18(27-3)13(24)12-16(26-2)19(28-4)21(30-6)20(29-5)17(12)31-14/h7-8,22-23H,1-6H3. The molecule has 2 aromatic carbocycles. The fourth-order valence-electron chi connectivity index (χ4n) is 3.37. The monoisotopic (exact) mass is 434 g/mol. The Morgan fingerprint density at radius 2 is 1.10 bits per heavy atom. The molecule has 10 nitrogen and oxygen atoms in total. The maximum Gasteiger partial charge on any atom is 0.239 e. The first kappa shape index (κ1) is 21.8. The average molecular weight is 434 g/mol. The number of phenolic OH excluding ortho intramolecular Hbond substituents is 2. The van der Waals surface area contributed by atoms with Gasteiger partial charge < -0.3 is 43.1 Å². The lowest BCUT2D eigenvalue weighted by molar-refractivity contribution is 0.306. The van der Waals surface area contributed by atoms with E-state index in [9.17, 15) is 15.0 Å². The fourth-order valence-corrected chi connectivity index (χ4v) is 3.37. The lowest BCUT2D eigenvalue weighted by atomic mass is 10.1. The zero-order chi connectivity index (χ0) is 22.9. The van der Waals surface area contributed by atoms with E-state index < -0.39 is 5.43 Å². The first-order valence-corrected chi connectivity index (χ1v) is 8.89. The number of hydrogen-bond donors (Lipinski definition) is 2. The predicted octanol–water partition coefficient (Wildman–Crippen LogP) is 2.92. The summed E-state index contributed by atoms with van der Waals surface area (Å²) < 4.78 is 37.9. The number of rotatable bonds is 7. The van der Waals surface area contributed by atoms with E-state index in [-0.39, 0.29) is 68.3 Å². The van der Waals surface area contributed by atoms with Gasteiger partial charge in [-0.05, 0) is 12.1 Å². The van der Waals surface area contributed by atoms with Crippen molar-refractivity contribution in [2.75, 3.05) is 42.7 Å². The largest absolute Gasteiger partial charge is 0.504 e. The summed E-state index contributed by atoms with van der Waals surface area (Å²) in [6.07, 6.45) is 0. The first-order chi connectivity index (χ1) is 14.9. The number of aromatic hydroxyl groups is 2.